The molecule has 1 fully saturated rings. The summed E-state index contributed by atoms with van der Waals surface area (Å²) >= 11 is 0. The number of hydrogen-bond acceptors (Lipinski definition) is 3. The number of aromatic nitrogens is 2. The summed E-state index contributed by atoms with van der Waals surface area (Å²) in [5, 5.41) is 0. The third-order valence-electron chi connectivity index (χ3n) is 2.36. The van der Waals surface area contributed by atoms with E-state index in [0.29, 0.717) is 0 Å². The van der Waals surface area contributed by atoms with Crippen LogP contribution < -0.4 is 10.2 Å². The molecule has 2 rings (SSSR count). The normalized spacial score (nSPS) is 15.3. The molecule has 3 nitrogen and oxygen atoms in total. The van der Waals surface area contributed by atoms with Crippen molar-refractivity contribution in [2.45, 2.75) is 26.6 Å². The maximum Gasteiger partial charge on any atom is 0.209 e. The van der Waals surface area contributed by atoms with E-state index in [0.717, 1.165) is 29.7 Å². The molecule has 73 valence electrons. The molecule has 1 aliphatic carbocycles. The van der Waals surface area contributed by atoms with Gasteiger partial charge in [0.1, 0.15) is 5.82 Å². The largest absolute Gasteiger partial charge is 0.478 e. The van der Waals surface area contributed by atoms with Gasteiger partial charge in [0.25, 0.3) is 0 Å². The molecule has 0 spiro atoms. The van der Waals surface area contributed by atoms with Gasteiger partial charge in [-0.05, 0) is 31.1 Å². The summed E-state index contributed by atoms with van der Waals surface area (Å²) in [4.78, 5) is 8.41. The van der Waals surface area contributed by atoms with Crippen molar-refractivity contribution in [3.05, 3.63) is 12.0 Å². The van der Waals surface area contributed by atoms with E-state index in [1.165, 1.54) is 12.8 Å². The zero-order chi connectivity index (χ0) is 9.97. The van der Waals surface area contributed by atoms with Crippen LogP contribution in [0.2, 0.25) is 6.82 Å². The smallest absolute Gasteiger partial charge is 0.209 e. The first-order valence-corrected chi connectivity index (χ1v) is 5.05. The third-order valence-corrected chi connectivity index (χ3v) is 2.36. The average Bonchev–Trinajstić information content (AvgIpc) is 2.98. The lowest BCUT2D eigenvalue weighted by atomic mass is 9.74. The van der Waals surface area contributed by atoms with Crippen LogP contribution in [-0.2, 0) is 0 Å². The van der Waals surface area contributed by atoms with Crippen LogP contribution in [0.5, 0.6) is 5.88 Å². The Bertz CT molecular complexity index is 326. The highest BCUT2D eigenvalue weighted by Crippen LogP contribution is 2.28. The molecule has 1 aromatic heterocycles. The number of nitrogens with zero attached hydrogens (tertiary/aromatic N) is 2. The van der Waals surface area contributed by atoms with Crippen molar-refractivity contribution < 1.29 is 4.74 Å². The van der Waals surface area contributed by atoms with Crippen molar-refractivity contribution >= 4 is 12.7 Å². The first-order valence-electron chi connectivity index (χ1n) is 5.05. The molecule has 0 saturated heterocycles. The quantitative estimate of drug-likeness (QED) is 0.661. The highest BCUT2D eigenvalue weighted by molar-refractivity contribution is 6.52. The standard InChI is InChI=1S/C10H14BN2O/c1-7-12-5-9(11-2)10(13-7)14-6-8-3-4-8/h5,8H,3-4,6H2,1-2H3. The lowest BCUT2D eigenvalue weighted by Gasteiger charge is -2.08. The number of hydrogen-bond donors (Lipinski definition) is 0. The SMILES string of the molecule is C[B]c1cnc(C)nc1OCC1CC1. The van der Waals surface area contributed by atoms with E-state index in [4.69, 9.17) is 4.74 Å². The molecule has 1 saturated carbocycles. The molecule has 0 atom stereocenters. The van der Waals surface area contributed by atoms with E-state index >= 15 is 0 Å². The van der Waals surface area contributed by atoms with Crippen LogP contribution in [0.1, 0.15) is 18.7 Å². The van der Waals surface area contributed by atoms with Crippen LogP contribution >= 0.6 is 0 Å². The Morgan fingerprint density at radius 2 is 2.36 bits per heavy atom. The lowest BCUT2D eigenvalue weighted by Crippen LogP contribution is -2.19. The maximum atomic E-state index is 5.65. The summed E-state index contributed by atoms with van der Waals surface area (Å²) in [6, 6.07) is 0. The minimum absolute atomic E-state index is 0.729. The van der Waals surface area contributed by atoms with Crippen LogP contribution in [0.3, 0.4) is 0 Å². The van der Waals surface area contributed by atoms with Gasteiger partial charge in [0, 0.05) is 6.20 Å². The second-order valence-corrected chi connectivity index (χ2v) is 3.72. The Kier molecular flexibility index (Phi) is 2.70. The van der Waals surface area contributed by atoms with E-state index in [2.05, 4.69) is 9.97 Å². The van der Waals surface area contributed by atoms with E-state index in [1.807, 2.05) is 27.2 Å². The highest BCUT2D eigenvalue weighted by atomic mass is 16.5. The summed E-state index contributed by atoms with van der Waals surface area (Å²) < 4.78 is 5.65. The van der Waals surface area contributed by atoms with Crippen molar-refractivity contribution in [3.63, 3.8) is 0 Å². The first kappa shape index (κ1) is 9.50. The monoisotopic (exact) mass is 189 g/mol. The molecule has 14 heavy (non-hydrogen) atoms. The summed E-state index contributed by atoms with van der Waals surface area (Å²) in [6.45, 7) is 4.65. The molecular weight excluding hydrogens is 175 g/mol. The van der Waals surface area contributed by atoms with Crippen LogP contribution in [-0.4, -0.2) is 23.9 Å². The summed E-state index contributed by atoms with van der Waals surface area (Å²) in [5.74, 6) is 2.25. The number of ether oxygens (including phenoxy) is 1. The molecule has 0 bridgehead atoms. The third kappa shape index (κ3) is 2.25. The van der Waals surface area contributed by atoms with Gasteiger partial charge in [-0.3, -0.25) is 0 Å². The van der Waals surface area contributed by atoms with Crippen LogP contribution in [0, 0.1) is 12.8 Å². The predicted molar refractivity (Wildman–Crippen MR) is 56.2 cm³/mol. The molecule has 0 unspecified atom stereocenters. The second kappa shape index (κ2) is 3.99. The highest BCUT2D eigenvalue weighted by Gasteiger charge is 2.22. The minimum atomic E-state index is 0.729. The molecule has 1 radical (unpaired) electrons. The second-order valence-electron chi connectivity index (χ2n) is 3.72. The fourth-order valence-corrected chi connectivity index (χ4v) is 1.25. The predicted octanol–water partition coefficient (Wildman–Crippen LogP) is 0.951. The van der Waals surface area contributed by atoms with Gasteiger partial charge < -0.3 is 4.74 Å². The van der Waals surface area contributed by atoms with Crippen LogP contribution in [0.15, 0.2) is 6.20 Å². The fourth-order valence-electron chi connectivity index (χ4n) is 1.25. The van der Waals surface area contributed by atoms with Gasteiger partial charge >= 0.3 is 0 Å². The molecule has 1 aromatic rings. The average molecular weight is 189 g/mol. The summed E-state index contributed by atoms with van der Waals surface area (Å²) in [6.07, 6.45) is 4.41. The van der Waals surface area contributed by atoms with Crippen molar-refractivity contribution in [2.24, 2.45) is 5.92 Å². The van der Waals surface area contributed by atoms with Crippen molar-refractivity contribution in [1.29, 1.82) is 0 Å². The summed E-state index contributed by atoms with van der Waals surface area (Å²) in [5.41, 5.74) is 0.983. The maximum absolute atomic E-state index is 5.65. The topological polar surface area (TPSA) is 35.0 Å². The van der Waals surface area contributed by atoms with Gasteiger partial charge in [0.05, 0.1) is 6.61 Å². The van der Waals surface area contributed by atoms with Crippen molar-refractivity contribution in [1.82, 2.24) is 9.97 Å². The molecule has 0 aliphatic heterocycles. The lowest BCUT2D eigenvalue weighted by molar-refractivity contribution is 0.290. The Balaban J connectivity index is 2.07. The molecule has 1 aliphatic rings. The molecule has 0 amide bonds. The minimum Gasteiger partial charge on any atom is -0.478 e. The summed E-state index contributed by atoms with van der Waals surface area (Å²) in [7, 11) is 1.97. The zero-order valence-electron chi connectivity index (χ0n) is 8.66. The van der Waals surface area contributed by atoms with Crippen molar-refractivity contribution in [3.8, 4) is 5.88 Å². The Morgan fingerprint density at radius 1 is 1.57 bits per heavy atom. The van der Waals surface area contributed by atoms with Gasteiger partial charge in [-0.25, -0.2) is 4.98 Å². The van der Waals surface area contributed by atoms with E-state index in [9.17, 15) is 0 Å². The van der Waals surface area contributed by atoms with Gasteiger partial charge in [-0.1, -0.05) is 6.82 Å². The number of aryl methyl sites for hydroxylation is 1. The van der Waals surface area contributed by atoms with E-state index < -0.39 is 0 Å². The molecular formula is C10H14BN2O. The fraction of sp³-hybridized carbons (Fsp3) is 0.600. The Labute approximate surface area is 85.2 Å². The van der Waals surface area contributed by atoms with Gasteiger partial charge in [-0.2, -0.15) is 4.98 Å². The molecule has 1 heterocycles. The first-order chi connectivity index (χ1) is 6.79. The van der Waals surface area contributed by atoms with Gasteiger partial charge in [-0.15, -0.1) is 0 Å². The van der Waals surface area contributed by atoms with Crippen molar-refractivity contribution in [2.75, 3.05) is 6.61 Å². The van der Waals surface area contributed by atoms with Gasteiger partial charge in [0.15, 0.2) is 7.28 Å². The molecule has 0 N–H and O–H groups in total. The van der Waals surface area contributed by atoms with Crippen LogP contribution in [0.4, 0.5) is 0 Å². The number of rotatable bonds is 4. The van der Waals surface area contributed by atoms with Gasteiger partial charge in [0.2, 0.25) is 5.88 Å². The zero-order valence-corrected chi connectivity index (χ0v) is 8.66. The van der Waals surface area contributed by atoms with E-state index in [-0.39, 0.29) is 0 Å². The van der Waals surface area contributed by atoms with E-state index in [1.54, 1.807) is 0 Å². The molecule has 0 aromatic carbocycles. The Hall–Kier alpha value is -1.06. The molecule has 4 heteroatoms. The van der Waals surface area contributed by atoms with Crippen LogP contribution in [0.25, 0.3) is 0 Å². The Morgan fingerprint density at radius 3 is 3.00 bits per heavy atom.